The molecular weight excluding hydrogens is 202 g/mol. The molecule has 0 aliphatic carbocycles. The van der Waals surface area contributed by atoms with Gasteiger partial charge in [-0.05, 0) is 24.1 Å². The monoisotopic (exact) mass is 215 g/mol. The highest BCUT2D eigenvalue weighted by Crippen LogP contribution is 2.10. The van der Waals surface area contributed by atoms with Crippen molar-refractivity contribution in [3.8, 4) is 0 Å². The molecule has 0 spiro atoms. The molecule has 14 heavy (non-hydrogen) atoms. The van der Waals surface area contributed by atoms with Gasteiger partial charge in [0.2, 0.25) is 0 Å². The first-order valence-corrected chi connectivity index (χ1v) is 5.15. The van der Waals surface area contributed by atoms with E-state index in [0.29, 0.717) is 6.42 Å². The summed E-state index contributed by atoms with van der Waals surface area (Å²) in [5.74, 6) is 0. The van der Waals surface area contributed by atoms with Crippen molar-refractivity contribution in [1.82, 2.24) is 6.15 Å². The van der Waals surface area contributed by atoms with Gasteiger partial charge in [-0.3, -0.25) is 4.55 Å². The first kappa shape index (κ1) is 12.8. The molecule has 1 aromatic rings. The van der Waals surface area contributed by atoms with E-state index >= 15 is 0 Å². The molecule has 0 saturated heterocycles. The van der Waals surface area contributed by atoms with Gasteiger partial charge >= 0.3 is 0 Å². The van der Waals surface area contributed by atoms with E-state index in [-0.39, 0.29) is 11.0 Å². The van der Waals surface area contributed by atoms with E-state index in [1.807, 2.05) is 0 Å². The number of rotatable bonds is 3. The third kappa shape index (κ3) is 3.29. The quantitative estimate of drug-likeness (QED) is 0.594. The van der Waals surface area contributed by atoms with Gasteiger partial charge in [0, 0.05) is 0 Å². The smallest absolute Gasteiger partial charge is 0.294 e. The molecule has 0 aromatic heterocycles. The highest BCUT2D eigenvalue weighted by atomic mass is 32.2. The second kappa shape index (κ2) is 4.90. The molecule has 0 unspecified atom stereocenters. The van der Waals surface area contributed by atoms with Crippen LogP contribution in [0.4, 0.5) is 0 Å². The Balaban J connectivity index is 0.00000169. The fourth-order valence-corrected chi connectivity index (χ4v) is 1.44. The maximum absolute atomic E-state index is 10.6. The standard InChI is InChI=1S/C9H10O3S.H3N/c1-2-3-8-4-6-9(7-5-8)13(10,11)12;/h2,4-7H,1,3H2,(H,10,11,12);1H3. The van der Waals surface area contributed by atoms with Crippen LogP contribution in [0, 0.1) is 0 Å². The highest BCUT2D eigenvalue weighted by molar-refractivity contribution is 7.85. The molecule has 0 fully saturated rings. The summed E-state index contributed by atoms with van der Waals surface area (Å²) >= 11 is 0. The van der Waals surface area contributed by atoms with Crippen molar-refractivity contribution in [2.24, 2.45) is 0 Å². The Labute approximate surface area is 83.6 Å². The van der Waals surface area contributed by atoms with E-state index in [9.17, 15) is 8.42 Å². The van der Waals surface area contributed by atoms with Gasteiger partial charge in [-0.15, -0.1) is 6.58 Å². The average molecular weight is 215 g/mol. The Kier molecular flexibility index (Phi) is 4.49. The zero-order valence-electron chi connectivity index (χ0n) is 7.68. The minimum absolute atomic E-state index is 0. The van der Waals surface area contributed by atoms with Gasteiger partial charge in [0.1, 0.15) is 0 Å². The van der Waals surface area contributed by atoms with Crippen LogP contribution in [0.15, 0.2) is 41.8 Å². The van der Waals surface area contributed by atoms with Crippen molar-refractivity contribution >= 4 is 10.1 Å². The van der Waals surface area contributed by atoms with Gasteiger partial charge in [0.05, 0.1) is 4.90 Å². The van der Waals surface area contributed by atoms with Crippen molar-refractivity contribution in [2.75, 3.05) is 0 Å². The molecule has 78 valence electrons. The molecule has 4 nitrogen and oxygen atoms in total. The maximum atomic E-state index is 10.6. The van der Waals surface area contributed by atoms with Crippen LogP contribution in [0.2, 0.25) is 0 Å². The third-order valence-electron chi connectivity index (χ3n) is 1.60. The zero-order chi connectivity index (χ0) is 9.90. The van der Waals surface area contributed by atoms with Gasteiger partial charge < -0.3 is 6.15 Å². The Bertz CT molecular complexity index is 395. The normalized spacial score (nSPS) is 10.4. The molecule has 1 rings (SSSR count). The molecule has 1 aromatic carbocycles. The maximum Gasteiger partial charge on any atom is 0.294 e. The zero-order valence-corrected chi connectivity index (χ0v) is 8.50. The summed E-state index contributed by atoms with van der Waals surface area (Å²) in [6.45, 7) is 3.56. The van der Waals surface area contributed by atoms with Crippen LogP contribution in [0.1, 0.15) is 5.56 Å². The summed E-state index contributed by atoms with van der Waals surface area (Å²) in [6, 6.07) is 6.03. The fourth-order valence-electron chi connectivity index (χ4n) is 0.964. The molecule has 4 N–H and O–H groups in total. The molecule has 0 heterocycles. The van der Waals surface area contributed by atoms with Gasteiger partial charge in [-0.1, -0.05) is 18.2 Å². The predicted octanol–water partition coefficient (Wildman–Crippen LogP) is 1.82. The Hall–Kier alpha value is -1.17. The summed E-state index contributed by atoms with van der Waals surface area (Å²) in [7, 11) is -4.06. The first-order chi connectivity index (χ1) is 6.04. The lowest BCUT2D eigenvalue weighted by atomic mass is 10.2. The fraction of sp³-hybridized carbons (Fsp3) is 0.111. The van der Waals surface area contributed by atoms with Gasteiger partial charge in [0.25, 0.3) is 10.1 Å². The molecule has 0 atom stereocenters. The third-order valence-corrected chi connectivity index (χ3v) is 2.47. The van der Waals surface area contributed by atoms with Crippen LogP contribution in [-0.4, -0.2) is 13.0 Å². The van der Waals surface area contributed by atoms with E-state index < -0.39 is 10.1 Å². The Morgan fingerprint density at radius 2 is 1.79 bits per heavy atom. The lowest BCUT2D eigenvalue weighted by Gasteiger charge is -1.98. The summed E-state index contributed by atoms with van der Waals surface area (Å²) in [5, 5.41) is 0. The average Bonchev–Trinajstić information content (AvgIpc) is 2.04. The molecule has 0 aliphatic heterocycles. The van der Waals surface area contributed by atoms with E-state index in [1.54, 1.807) is 18.2 Å². The minimum atomic E-state index is -4.06. The summed E-state index contributed by atoms with van der Waals surface area (Å²) < 4.78 is 29.9. The van der Waals surface area contributed by atoms with Gasteiger partial charge in [-0.2, -0.15) is 8.42 Å². The molecule has 0 radical (unpaired) electrons. The molecule has 5 heteroatoms. The van der Waals surface area contributed by atoms with Gasteiger partial charge in [0.15, 0.2) is 0 Å². The lowest BCUT2D eigenvalue weighted by Crippen LogP contribution is -1.97. The van der Waals surface area contributed by atoms with E-state index in [1.165, 1.54) is 12.1 Å². The summed E-state index contributed by atoms with van der Waals surface area (Å²) in [6.07, 6.45) is 2.41. The Morgan fingerprint density at radius 3 is 2.14 bits per heavy atom. The van der Waals surface area contributed by atoms with Crippen molar-refractivity contribution in [3.63, 3.8) is 0 Å². The van der Waals surface area contributed by atoms with E-state index in [0.717, 1.165) is 5.56 Å². The van der Waals surface area contributed by atoms with E-state index in [2.05, 4.69) is 6.58 Å². The van der Waals surface area contributed by atoms with Crippen molar-refractivity contribution in [3.05, 3.63) is 42.5 Å². The summed E-state index contributed by atoms with van der Waals surface area (Å²) in [4.78, 5) is -0.0830. The van der Waals surface area contributed by atoms with Crippen molar-refractivity contribution in [2.45, 2.75) is 11.3 Å². The SMILES string of the molecule is C=CCc1ccc(S(=O)(=O)O)cc1.N. The second-order valence-electron chi connectivity index (χ2n) is 2.61. The van der Waals surface area contributed by atoms with Crippen LogP contribution in [0.5, 0.6) is 0 Å². The first-order valence-electron chi connectivity index (χ1n) is 3.71. The lowest BCUT2D eigenvalue weighted by molar-refractivity contribution is 0.483. The largest absolute Gasteiger partial charge is 0.344 e. The van der Waals surface area contributed by atoms with Crippen LogP contribution in [0.3, 0.4) is 0 Å². The number of benzene rings is 1. The van der Waals surface area contributed by atoms with E-state index in [4.69, 9.17) is 4.55 Å². The van der Waals surface area contributed by atoms with Gasteiger partial charge in [-0.25, -0.2) is 0 Å². The molecular formula is C9H13NO3S. The van der Waals surface area contributed by atoms with Crippen molar-refractivity contribution < 1.29 is 13.0 Å². The van der Waals surface area contributed by atoms with Crippen LogP contribution < -0.4 is 6.15 Å². The molecule has 0 saturated carbocycles. The topological polar surface area (TPSA) is 89.4 Å². The minimum Gasteiger partial charge on any atom is -0.344 e. The molecule has 0 amide bonds. The van der Waals surface area contributed by atoms with Crippen molar-refractivity contribution in [1.29, 1.82) is 0 Å². The highest BCUT2D eigenvalue weighted by Gasteiger charge is 2.07. The Morgan fingerprint density at radius 1 is 1.29 bits per heavy atom. The van der Waals surface area contributed by atoms with Crippen LogP contribution in [0.25, 0.3) is 0 Å². The number of allylic oxidation sites excluding steroid dienone is 1. The predicted molar refractivity (Wildman–Crippen MR) is 55.2 cm³/mol. The van der Waals surface area contributed by atoms with Crippen LogP contribution in [-0.2, 0) is 16.5 Å². The molecule has 0 bridgehead atoms. The van der Waals surface area contributed by atoms with Crippen LogP contribution >= 0.6 is 0 Å². The molecule has 0 aliphatic rings. The summed E-state index contributed by atoms with van der Waals surface area (Å²) in [5.41, 5.74) is 0.961. The number of hydrogen-bond acceptors (Lipinski definition) is 3. The number of hydrogen-bond donors (Lipinski definition) is 2. The second-order valence-corrected chi connectivity index (χ2v) is 4.03.